The largest absolute Gasteiger partial charge is 0.322 e. The van der Waals surface area contributed by atoms with Crippen LogP contribution in [0.15, 0.2) is 95.9 Å². The highest BCUT2D eigenvalue weighted by Crippen LogP contribution is 2.36. The summed E-state index contributed by atoms with van der Waals surface area (Å²) < 4.78 is 27.6. The number of aryl methyl sites for hydroxylation is 1. The molecule has 1 aliphatic rings. The number of sulfonamides is 1. The van der Waals surface area contributed by atoms with E-state index < -0.39 is 10.0 Å². The molecule has 0 fully saturated rings. The Morgan fingerprint density at radius 2 is 1.32 bits per heavy atom. The molecule has 0 bridgehead atoms. The number of amides is 1. The molecule has 0 unspecified atom stereocenters. The number of rotatable bonds is 5. The Kier molecular flexibility index (Phi) is 5.26. The molecule has 0 saturated carbocycles. The van der Waals surface area contributed by atoms with Gasteiger partial charge in [0.1, 0.15) is 0 Å². The molecule has 1 amide bonds. The van der Waals surface area contributed by atoms with Gasteiger partial charge in [0, 0.05) is 28.1 Å². The highest BCUT2D eigenvalue weighted by molar-refractivity contribution is 7.92. The van der Waals surface area contributed by atoms with E-state index in [-0.39, 0.29) is 16.6 Å². The van der Waals surface area contributed by atoms with Gasteiger partial charge in [0.15, 0.2) is 5.78 Å². The second kappa shape index (κ2) is 8.28. The van der Waals surface area contributed by atoms with Crippen LogP contribution in [0.3, 0.4) is 0 Å². The molecule has 0 atom stereocenters. The monoisotopic (exact) mass is 468 g/mol. The Labute approximate surface area is 197 Å². The van der Waals surface area contributed by atoms with Crippen LogP contribution in [-0.2, 0) is 10.0 Å². The molecule has 5 rings (SSSR count). The van der Waals surface area contributed by atoms with Gasteiger partial charge in [0.05, 0.1) is 4.90 Å². The number of carbonyl (C=O) groups excluding carboxylic acids is 2. The maximum Gasteiger partial charge on any atom is 0.261 e. The standard InChI is InChI=1S/C27H20N2O4S/c1-17-6-13-21(14-7-17)34(32,33)29-20-11-9-19(10-12-20)28-27(31)18-8-15-23-22-4-2-3-5-24(22)26(30)25(23)16-18/h2-16,29H,1H3,(H,28,31). The van der Waals surface area contributed by atoms with Crippen LogP contribution in [0.1, 0.15) is 31.8 Å². The average molecular weight is 469 g/mol. The minimum Gasteiger partial charge on any atom is -0.322 e. The molecule has 0 aromatic heterocycles. The van der Waals surface area contributed by atoms with E-state index in [2.05, 4.69) is 10.0 Å². The highest BCUT2D eigenvalue weighted by Gasteiger charge is 2.27. The van der Waals surface area contributed by atoms with Gasteiger partial charge in [0.2, 0.25) is 0 Å². The summed E-state index contributed by atoms with van der Waals surface area (Å²) in [6.45, 7) is 1.89. The fourth-order valence-corrected chi connectivity index (χ4v) is 4.98. The first-order valence-electron chi connectivity index (χ1n) is 10.6. The molecule has 0 heterocycles. The van der Waals surface area contributed by atoms with Crippen LogP contribution in [0.4, 0.5) is 11.4 Å². The van der Waals surface area contributed by atoms with Gasteiger partial charge in [-0.15, -0.1) is 0 Å². The van der Waals surface area contributed by atoms with Crippen molar-refractivity contribution in [3.05, 3.63) is 113 Å². The molecule has 168 valence electrons. The Balaban J connectivity index is 1.30. The summed E-state index contributed by atoms with van der Waals surface area (Å²) in [5.74, 6) is -0.454. The van der Waals surface area contributed by atoms with Crippen molar-refractivity contribution >= 4 is 33.1 Å². The summed E-state index contributed by atoms with van der Waals surface area (Å²) in [5.41, 5.74) is 5.05. The third-order valence-corrected chi connectivity index (χ3v) is 7.11. The molecular weight excluding hydrogens is 448 g/mol. The third kappa shape index (κ3) is 3.97. The van der Waals surface area contributed by atoms with E-state index in [4.69, 9.17) is 0 Å². The van der Waals surface area contributed by atoms with E-state index >= 15 is 0 Å². The zero-order valence-corrected chi connectivity index (χ0v) is 19.0. The maximum atomic E-state index is 12.8. The molecule has 0 radical (unpaired) electrons. The minimum atomic E-state index is -3.71. The van der Waals surface area contributed by atoms with Gasteiger partial charge in [-0.2, -0.15) is 0 Å². The van der Waals surface area contributed by atoms with Gasteiger partial charge >= 0.3 is 0 Å². The summed E-state index contributed by atoms with van der Waals surface area (Å²) in [5, 5.41) is 2.79. The fourth-order valence-electron chi connectivity index (χ4n) is 3.93. The normalized spacial score (nSPS) is 12.1. The molecule has 7 heteroatoms. The lowest BCUT2D eigenvalue weighted by molar-refractivity contribution is 0.102. The molecule has 0 aliphatic heterocycles. The number of anilines is 2. The van der Waals surface area contributed by atoms with Crippen molar-refractivity contribution in [2.45, 2.75) is 11.8 Å². The first kappa shape index (κ1) is 21.6. The lowest BCUT2D eigenvalue weighted by Crippen LogP contribution is -2.14. The molecule has 2 N–H and O–H groups in total. The van der Waals surface area contributed by atoms with E-state index in [1.54, 1.807) is 72.8 Å². The molecular formula is C27H20N2O4S. The second-order valence-corrected chi connectivity index (χ2v) is 9.77. The summed E-state index contributed by atoms with van der Waals surface area (Å²) >= 11 is 0. The van der Waals surface area contributed by atoms with Gasteiger partial charge in [-0.25, -0.2) is 8.42 Å². The molecule has 0 spiro atoms. The number of nitrogens with one attached hydrogen (secondary N) is 2. The van der Waals surface area contributed by atoms with Gasteiger partial charge in [-0.05, 0) is 66.6 Å². The molecule has 34 heavy (non-hydrogen) atoms. The zero-order chi connectivity index (χ0) is 23.9. The fraction of sp³-hybridized carbons (Fsp3) is 0.0370. The predicted molar refractivity (Wildman–Crippen MR) is 132 cm³/mol. The molecule has 1 aliphatic carbocycles. The summed E-state index contributed by atoms with van der Waals surface area (Å²) in [6.07, 6.45) is 0. The van der Waals surface area contributed by atoms with E-state index in [0.717, 1.165) is 16.7 Å². The first-order chi connectivity index (χ1) is 16.3. The van der Waals surface area contributed by atoms with Gasteiger partial charge < -0.3 is 5.32 Å². The van der Waals surface area contributed by atoms with Crippen molar-refractivity contribution in [3.63, 3.8) is 0 Å². The SMILES string of the molecule is Cc1ccc(S(=O)(=O)Nc2ccc(NC(=O)c3ccc4c(c3)C(=O)c3ccccc3-4)cc2)cc1. The van der Waals surface area contributed by atoms with Crippen LogP contribution in [0.2, 0.25) is 0 Å². The number of carbonyl (C=O) groups is 2. The second-order valence-electron chi connectivity index (χ2n) is 8.09. The molecule has 6 nitrogen and oxygen atoms in total. The average Bonchev–Trinajstić information content (AvgIpc) is 3.12. The number of fused-ring (bicyclic) bond motifs is 3. The van der Waals surface area contributed by atoms with Crippen molar-refractivity contribution in [3.8, 4) is 11.1 Å². The number of benzene rings is 4. The molecule has 4 aromatic carbocycles. The number of hydrogen-bond donors (Lipinski definition) is 2. The Hall–Kier alpha value is -4.23. The third-order valence-electron chi connectivity index (χ3n) is 5.71. The Morgan fingerprint density at radius 3 is 2.03 bits per heavy atom. The van der Waals surface area contributed by atoms with Crippen LogP contribution >= 0.6 is 0 Å². The first-order valence-corrected chi connectivity index (χ1v) is 12.1. The van der Waals surface area contributed by atoms with Crippen molar-refractivity contribution in [2.24, 2.45) is 0 Å². The van der Waals surface area contributed by atoms with Crippen molar-refractivity contribution < 1.29 is 18.0 Å². The Morgan fingerprint density at radius 1 is 0.706 bits per heavy atom. The molecule has 4 aromatic rings. The predicted octanol–water partition coefficient (Wildman–Crippen LogP) is 5.26. The summed E-state index contributed by atoms with van der Waals surface area (Å²) in [6, 6.07) is 25.4. The van der Waals surface area contributed by atoms with E-state index in [1.165, 1.54) is 0 Å². The molecule has 0 saturated heterocycles. The van der Waals surface area contributed by atoms with E-state index in [1.807, 2.05) is 25.1 Å². The minimum absolute atomic E-state index is 0.0922. The quantitative estimate of drug-likeness (QED) is 0.368. The van der Waals surface area contributed by atoms with Crippen LogP contribution in [0.25, 0.3) is 11.1 Å². The van der Waals surface area contributed by atoms with Crippen molar-refractivity contribution in [2.75, 3.05) is 10.0 Å². The number of ketones is 1. The Bertz CT molecular complexity index is 1540. The van der Waals surface area contributed by atoms with Crippen LogP contribution in [0.5, 0.6) is 0 Å². The summed E-state index contributed by atoms with van der Waals surface area (Å²) in [7, 11) is -3.71. The van der Waals surface area contributed by atoms with E-state index in [9.17, 15) is 18.0 Å². The highest BCUT2D eigenvalue weighted by atomic mass is 32.2. The van der Waals surface area contributed by atoms with Crippen molar-refractivity contribution in [1.82, 2.24) is 0 Å². The van der Waals surface area contributed by atoms with Gasteiger partial charge in [-0.3, -0.25) is 14.3 Å². The lowest BCUT2D eigenvalue weighted by atomic mass is 10.0. The van der Waals surface area contributed by atoms with E-state index in [0.29, 0.717) is 28.1 Å². The van der Waals surface area contributed by atoms with Gasteiger partial charge in [-0.1, -0.05) is 48.0 Å². The van der Waals surface area contributed by atoms with Crippen molar-refractivity contribution in [1.29, 1.82) is 0 Å². The van der Waals surface area contributed by atoms with Gasteiger partial charge in [0.25, 0.3) is 15.9 Å². The smallest absolute Gasteiger partial charge is 0.261 e. The number of hydrogen-bond acceptors (Lipinski definition) is 4. The van der Waals surface area contributed by atoms with Crippen LogP contribution < -0.4 is 10.0 Å². The maximum absolute atomic E-state index is 12.8. The van der Waals surface area contributed by atoms with Crippen LogP contribution in [0, 0.1) is 6.92 Å². The van der Waals surface area contributed by atoms with Crippen LogP contribution in [-0.4, -0.2) is 20.1 Å². The lowest BCUT2D eigenvalue weighted by Gasteiger charge is -2.10. The summed E-state index contributed by atoms with van der Waals surface area (Å²) in [4.78, 5) is 25.7. The topological polar surface area (TPSA) is 92.3 Å². The zero-order valence-electron chi connectivity index (χ0n) is 18.2.